The molecule has 0 radical (unpaired) electrons. The molecule has 0 aliphatic heterocycles. The van der Waals surface area contributed by atoms with Crippen LogP contribution >= 0.6 is 27.3 Å². The molecule has 0 amide bonds. The number of aliphatic imine (C=N–C) groups is 1. The van der Waals surface area contributed by atoms with E-state index in [4.69, 9.17) is 5.26 Å². The van der Waals surface area contributed by atoms with Gasteiger partial charge in [0, 0.05) is 17.1 Å². The molecular weight excluding hydrogens is 422 g/mol. The minimum Gasteiger partial charge on any atom is -0.354 e. The number of guanidine groups is 1. The summed E-state index contributed by atoms with van der Waals surface area (Å²) in [6.07, 6.45) is 4.91. The summed E-state index contributed by atoms with van der Waals surface area (Å²) >= 11 is 5.24. The van der Waals surface area contributed by atoms with E-state index < -0.39 is 0 Å². The monoisotopic (exact) mass is 445 g/mol. The van der Waals surface area contributed by atoms with Gasteiger partial charge in [-0.3, -0.25) is 0 Å². The number of nitriles is 1. The molecule has 0 saturated heterocycles. The molecule has 1 aromatic heterocycles. The molecule has 7 heteroatoms. The summed E-state index contributed by atoms with van der Waals surface area (Å²) in [4.78, 5) is 6.15. The van der Waals surface area contributed by atoms with Crippen molar-refractivity contribution in [1.82, 2.24) is 15.5 Å². The SMILES string of the molecule is CN(C)C(CNC(=NC#N)NC1CCc2cc(Br)ccc2C1)c1ccsc1. The third-order valence-electron chi connectivity index (χ3n) is 4.91. The van der Waals surface area contributed by atoms with Crippen molar-refractivity contribution < 1.29 is 0 Å². The second kappa shape index (κ2) is 9.36. The van der Waals surface area contributed by atoms with Crippen molar-refractivity contribution in [3.63, 3.8) is 0 Å². The molecule has 0 bridgehead atoms. The maximum Gasteiger partial charge on any atom is 0.209 e. The summed E-state index contributed by atoms with van der Waals surface area (Å²) in [6.45, 7) is 0.688. The smallest absolute Gasteiger partial charge is 0.209 e. The van der Waals surface area contributed by atoms with Crippen molar-refractivity contribution in [2.24, 2.45) is 4.99 Å². The van der Waals surface area contributed by atoms with Gasteiger partial charge < -0.3 is 15.5 Å². The molecule has 2 atom stereocenters. The van der Waals surface area contributed by atoms with Crippen LogP contribution in [0.3, 0.4) is 0 Å². The Labute approximate surface area is 173 Å². The molecule has 1 heterocycles. The van der Waals surface area contributed by atoms with Crippen molar-refractivity contribution in [2.45, 2.75) is 31.3 Å². The van der Waals surface area contributed by atoms with E-state index in [0.717, 1.165) is 23.7 Å². The first kappa shape index (κ1) is 19.9. The Balaban J connectivity index is 1.62. The zero-order valence-corrected chi connectivity index (χ0v) is 18.0. The highest BCUT2D eigenvalue weighted by molar-refractivity contribution is 9.10. The fraction of sp³-hybridized carbons (Fsp3) is 0.400. The van der Waals surface area contributed by atoms with Gasteiger partial charge in [-0.05, 0) is 79.0 Å². The second-order valence-corrected chi connectivity index (χ2v) is 8.67. The van der Waals surface area contributed by atoms with Gasteiger partial charge in [-0.25, -0.2) is 0 Å². The molecule has 1 aliphatic rings. The van der Waals surface area contributed by atoms with Gasteiger partial charge in [0.25, 0.3) is 0 Å². The Morgan fingerprint density at radius 1 is 1.41 bits per heavy atom. The normalized spacial score (nSPS) is 17.9. The van der Waals surface area contributed by atoms with Crippen LogP contribution in [0.5, 0.6) is 0 Å². The number of fused-ring (bicyclic) bond motifs is 1. The minimum absolute atomic E-state index is 0.228. The number of hydrogen-bond donors (Lipinski definition) is 2. The average molecular weight is 446 g/mol. The molecule has 3 rings (SSSR count). The molecule has 1 aromatic carbocycles. The lowest BCUT2D eigenvalue weighted by molar-refractivity contribution is 0.298. The first-order valence-corrected chi connectivity index (χ1v) is 10.7. The van der Waals surface area contributed by atoms with Gasteiger partial charge in [0.2, 0.25) is 12.2 Å². The first-order valence-electron chi connectivity index (χ1n) is 9.00. The fourth-order valence-corrected chi connectivity index (χ4v) is 4.59. The van der Waals surface area contributed by atoms with Gasteiger partial charge in [0.05, 0.1) is 6.04 Å². The second-order valence-electron chi connectivity index (χ2n) is 6.97. The molecular formula is C20H24BrN5S. The van der Waals surface area contributed by atoms with Crippen LogP contribution < -0.4 is 10.6 Å². The fourth-order valence-electron chi connectivity index (χ4n) is 3.47. The van der Waals surface area contributed by atoms with E-state index in [2.05, 4.69) is 85.6 Å². The first-order chi connectivity index (χ1) is 13.1. The predicted molar refractivity (Wildman–Crippen MR) is 115 cm³/mol. The maximum absolute atomic E-state index is 9.08. The van der Waals surface area contributed by atoms with E-state index >= 15 is 0 Å². The van der Waals surface area contributed by atoms with Crippen molar-refractivity contribution in [3.05, 3.63) is 56.2 Å². The largest absolute Gasteiger partial charge is 0.354 e. The van der Waals surface area contributed by atoms with Gasteiger partial charge in [0.1, 0.15) is 0 Å². The third-order valence-corrected chi connectivity index (χ3v) is 6.11. The van der Waals surface area contributed by atoms with E-state index in [1.807, 2.05) is 6.19 Å². The van der Waals surface area contributed by atoms with Crippen LogP contribution in [0.1, 0.15) is 29.2 Å². The number of rotatable bonds is 5. The van der Waals surface area contributed by atoms with E-state index in [1.165, 1.54) is 16.7 Å². The molecule has 2 N–H and O–H groups in total. The highest BCUT2D eigenvalue weighted by Gasteiger charge is 2.21. The summed E-state index contributed by atoms with van der Waals surface area (Å²) in [7, 11) is 4.13. The molecule has 1 aliphatic carbocycles. The Morgan fingerprint density at radius 3 is 2.96 bits per heavy atom. The number of nitrogens with zero attached hydrogens (tertiary/aromatic N) is 3. The Hall–Kier alpha value is -1.88. The van der Waals surface area contributed by atoms with Crippen molar-refractivity contribution >= 4 is 33.2 Å². The molecule has 0 saturated carbocycles. The zero-order valence-electron chi connectivity index (χ0n) is 15.6. The number of likely N-dealkylation sites (N-methyl/N-ethyl adjacent to an activating group) is 1. The van der Waals surface area contributed by atoms with Crippen LogP contribution in [0.15, 0.2) is 44.5 Å². The molecule has 0 fully saturated rings. The molecule has 27 heavy (non-hydrogen) atoms. The van der Waals surface area contributed by atoms with E-state index in [9.17, 15) is 0 Å². The van der Waals surface area contributed by atoms with Gasteiger partial charge in [-0.2, -0.15) is 16.6 Å². The summed E-state index contributed by atoms with van der Waals surface area (Å²) in [5.74, 6) is 0.560. The number of halogens is 1. The van der Waals surface area contributed by atoms with Crippen LogP contribution in [0.4, 0.5) is 0 Å². The Kier molecular flexibility index (Phi) is 6.89. The van der Waals surface area contributed by atoms with Crippen molar-refractivity contribution in [3.8, 4) is 6.19 Å². The quantitative estimate of drug-likeness (QED) is 0.418. The number of nitrogens with one attached hydrogen (secondary N) is 2. The van der Waals surface area contributed by atoms with Gasteiger partial charge in [-0.15, -0.1) is 4.99 Å². The Morgan fingerprint density at radius 2 is 2.26 bits per heavy atom. The Bertz CT molecular complexity index is 825. The van der Waals surface area contributed by atoms with Crippen LogP contribution in [0.25, 0.3) is 0 Å². The summed E-state index contributed by atoms with van der Waals surface area (Å²) < 4.78 is 1.13. The number of thiophene rings is 1. The average Bonchev–Trinajstić information content (AvgIpc) is 3.16. The highest BCUT2D eigenvalue weighted by atomic mass is 79.9. The minimum atomic E-state index is 0.228. The van der Waals surface area contributed by atoms with Crippen molar-refractivity contribution in [2.75, 3.05) is 20.6 Å². The van der Waals surface area contributed by atoms with Crippen LogP contribution in [0, 0.1) is 11.5 Å². The van der Waals surface area contributed by atoms with E-state index in [-0.39, 0.29) is 12.1 Å². The van der Waals surface area contributed by atoms with Crippen LogP contribution in [-0.2, 0) is 12.8 Å². The van der Waals surface area contributed by atoms with Gasteiger partial charge in [0.15, 0.2) is 0 Å². The zero-order chi connectivity index (χ0) is 19.2. The maximum atomic E-state index is 9.08. The lowest BCUT2D eigenvalue weighted by atomic mass is 9.88. The van der Waals surface area contributed by atoms with Crippen molar-refractivity contribution in [1.29, 1.82) is 5.26 Å². The molecule has 2 unspecified atom stereocenters. The molecule has 0 spiro atoms. The standard InChI is InChI=1S/C20H24BrN5S/c1-26(2)19(16-7-8-27-12-16)11-23-20(24-13-22)25-18-6-4-14-9-17(21)5-3-15(14)10-18/h3,5,7-9,12,18-19H,4,6,10-11H2,1-2H3,(H2,23,24,25). The van der Waals surface area contributed by atoms with E-state index in [1.54, 1.807) is 11.3 Å². The summed E-state index contributed by atoms with van der Waals surface area (Å²) in [5.41, 5.74) is 4.04. The molecule has 5 nitrogen and oxygen atoms in total. The predicted octanol–water partition coefficient (Wildman–Crippen LogP) is 3.69. The number of benzene rings is 1. The van der Waals surface area contributed by atoms with Gasteiger partial charge in [-0.1, -0.05) is 22.0 Å². The summed E-state index contributed by atoms with van der Waals surface area (Å²) in [6, 6.07) is 9.12. The molecule has 2 aromatic rings. The highest BCUT2D eigenvalue weighted by Crippen LogP contribution is 2.25. The number of hydrogen-bond acceptors (Lipinski definition) is 4. The summed E-state index contributed by atoms with van der Waals surface area (Å²) in [5, 5.41) is 20.1. The van der Waals surface area contributed by atoms with Crippen LogP contribution in [-0.4, -0.2) is 37.5 Å². The van der Waals surface area contributed by atoms with E-state index in [0.29, 0.717) is 12.5 Å². The van der Waals surface area contributed by atoms with Crippen LogP contribution in [0.2, 0.25) is 0 Å². The number of aryl methyl sites for hydroxylation is 1. The van der Waals surface area contributed by atoms with Gasteiger partial charge >= 0.3 is 0 Å². The third kappa shape index (κ3) is 5.32. The lowest BCUT2D eigenvalue weighted by Crippen LogP contribution is -2.47. The lowest BCUT2D eigenvalue weighted by Gasteiger charge is -2.29. The molecule has 142 valence electrons. The topological polar surface area (TPSA) is 63.5 Å².